The molecule has 0 aromatic heterocycles. The Morgan fingerprint density at radius 2 is 2.33 bits per heavy atom. The van der Waals surface area contributed by atoms with E-state index in [-0.39, 0.29) is 17.9 Å². The van der Waals surface area contributed by atoms with Gasteiger partial charge in [-0.1, -0.05) is 6.92 Å². The molecule has 0 bridgehead atoms. The maximum atomic E-state index is 12.1. The number of likely N-dealkylation sites (tertiary alicyclic amines) is 1. The summed E-state index contributed by atoms with van der Waals surface area (Å²) < 4.78 is 5.25. The highest BCUT2D eigenvalue weighted by molar-refractivity contribution is 6.18. The first-order chi connectivity index (χ1) is 7.24. The van der Waals surface area contributed by atoms with E-state index in [1.807, 2.05) is 4.90 Å². The molecule has 2 heterocycles. The Kier molecular flexibility index (Phi) is 3.52. The van der Waals surface area contributed by atoms with Gasteiger partial charge in [-0.05, 0) is 18.8 Å². The van der Waals surface area contributed by atoms with Crippen molar-refractivity contribution in [1.82, 2.24) is 4.90 Å². The third-order valence-electron chi connectivity index (χ3n) is 3.60. The lowest BCUT2D eigenvalue weighted by Gasteiger charge is -2.27. The maximum absolute atomic E-state index is 12.1. The molecule has 4 heteroatoms. The quantitative estimate of drug-likeness (QED) is 0.675. The average Bonchev–Trinajstić information content (AvgIpc) is 2.85. The normalized spacial score (nSPS) is 36.1. The largest absolute Gasteiger partial charge is 0.381 e. The fraction of sp³-hybridized carbons (Fsp3) is 0.909. The third kappa shape index (κ3) is 2.13. The van der Waals surface area contributed by atoms with Crippen molar-refractivity contribution in [2.75, 3.05) is 25.6 Å². The lowest BCUT2D eigenvalue weighted by Crippen LogP contribution is -2.42. The summed E-state index contributed by atoms with van der Waals surface area (Å²) in [4.78, 5) is 14.1. The van der Waals surface area contributed by atoms with Crippen LogP contribution in [-0.4, -0.2) is 42.5 Å². The first kappa shape index (κ1) is 11.2. The number of hydrogen-bond donors (Lipinski definition) is 0. The molecule has 3 nitrogen and oxygen atoms in total. The second kappa shape index (κ2) is 4.71. The molecule has 15 heavy (non-hydrogen) atoms. The van der Waals surface area contributed by atoms with Gasteiger partial charge in [-0.15, -0.1) is 11.6 Å². The number of hydrogen-bond acceptors (Lipinski definition) is 2. The van der Waals surface area contributed by atoms with Crippen molar-refractivity contribution in [2.24, 2.45) is 11.8 Å². The number of halogens is 1. The highest BCUT2D eigenvalue weighted by atomic mass is 35.5. The number of carbonyl (C=O) groups is 1. The minimum atomic E-state index is 0.0843. The van der Waals surface area contributed by atoms with Gasteiger partial charge in [-0.25, -0.2) is 0 Å². The van der Waals surface area contributed by atoms with Crippen LogP contribution < -0.4 is 0 Å². The molecule has 0 N–H and O–H groups in total. The summed E-state index contributed by atoms with van der Waals surface area (Å²) in [6.45, 7) is 4.36. The topological polar surface area (TPSA) is 29.5 Å². The Morgan fingerprint density at radius 1 is 1.53 bits per heavy atom. The van der Waals surface area contributed by atoms with E-state index in [4.69, 9.17) is 16.3 Å². The summed E-state index contributed by atoms with van der Waals surface area (Å²) in [7, 11) is 0. The predicted octanol–water partition coefficient (Wildman–Crippen LogP) is 1.50. The number of nitrogens with zero attached hydrogens (tertiary/aromatic N) is 1. The van der Waals surface area contributed by atoms with E-state index in [1.165, 1.54) is 0 Å². The zero-order valence-corrected chi connectivity index (χ0v) is 9.87. The first-order valence-electron chi connectivity index (χ1n) is 5.68. The van der Waals surface area contributed by atoms with Crippen LogP contribution in [0.2, 0.25) is 0 Å². The van der Waals surface area contributed by atoms with Crippen LogP contribution in [0.4, 0.5) is 0 Å². The molecule has 3 unspecified atom stereocenters. The molecule has 2 aliphatic heterocycles. The van der Waals surface area contributed by atoms with Gasteiger partial charge in [0.15, 0.2) is 0 Å². The molecule has 86 valence electrons. The average molecular weight is 232 g/mol. The molecule has 0 spiro atoms. The summed E-state index contributed by atoms with van der Waals surface area (Å²) in [6, 6.07) is 0.236. The number of amides is 1. The van der Waals surface area contributed by atoms with Crippen molar-refractivity contribution >= 4 is 17.5 Å². The molecule has 0 aromatic rings. The van der Waals surface area contributed by atoms with E-state index < -0.39 is 0 Å². The smallest absolute Gasteiger partial charge is 0.228 e. The molecule has 2 saturated heterocycles. The van der Waals surface area contributed by atoms with Crippen LogP contribution in [-0.2, 0) is 9.53 Å². The lowest BCUT2D eigenvalue weighted by atomic mass is 10.0. The zero-order valence-electron chi connectivity index (χ0n) is 9.12. The summed E-state index contributed by atoms with van der Waals surface area (Å²) in [5.74, 6) is 1.43. The fourth-order valence-corrected chi connectivity index (χ4v) is 2.95. The fourth-order valence-electron chi connectivity index (χ4n) is 2.48. The summed E-state index contributed by atoms with van der Waals surface area (Å²) in [6.07, 6.45) is 1.95. The van der Waals surface area contributed by atoms with Crippen molar-refractivity contribution in [3.05, 3.63) is 0 Å². The van der Waals surface area contributed by atoms with Gasteiger partial charge in [0, 0.05) is 25.1 Å². The van der Waals surface area contributed by atoms with E-state index in [0.717, 1.165) is 26.0 Å². The first-order valence-corrected chi connectivity index (χ1v) is 6.21. The molecular formula is C11H18ClNO2. The Hall–Kier alpha value is -0.280. The lowest BCUT2D eigenvalue weighted by molar-refractivity contribution is -0.136. The second-order valence-electron chi connectivity index (χ2n) is 4.58. The van der Waals surface area contributed by atoms with Crippen LogP contribution in [0.5, 0.6) is 0 Å². The Balaban J connectivity index is 2.00. The van der Waals surface area contributed by atoms with E-state index in [0.29, 0.717) is 18.4 Å². The van der Waals surface area contributed by atoms with Gasteiger partial charge in [-0.2, -0.15) is 0 Å². The highest BCUT2D eigenvalue weighted by Gasteiger charge is 2.37. The molecule has 3 atom stereocenters. The van der Waals surface area contributed by atoms with E-state index in [9.17, 15) is 4.79 Å². The van der Waals surface area contributed by atoms with Gasteiger partial charge in [0.1, 0.15) is 0 Å². The van der Waals surface area contributed by atoms with E-state index in [2.05, 4.69) is 6.92 Å². The SMILES string of the molecule is CC1CCN(C(=O)C2CCOC2)C1CCl. The minimum Gasteiger partial charge on any atom is -0.381 e. The predicted molar refractivity (Wildman–Crippen MR) is 58.9 cm³/mol. The number of carbonyl (C=O) groups excluding carboxylic acids is 1. The molecule has 2 rings (SSSR count). The third-order valence-corrected chi connectivity index (χ3v) is 3.92. The van der Waals surface area contributed by atoms with Gasteiger partial charge in [0.2, 0.25) is 5.91 Å². The van der Waals surface area contributed by atoms with Gasteiger partial charge in [0.05, 0.1) is 12.5 Å². The van der Waals surface area contributed by atoms with Crippen LogP contribution in [0, 0.1) is 11.8 Å². The number of rotatable bonds is 2. The minimum absolute atomic E-state index is 0.0843. The molecular weight excluding hydrogens is 214 g/mol. The van der Waals surface area contributed by atoms with Gasteiger partial charge in [-0.3, -0.25) is 4.79 Å². The molecule has 2 aliphatic rings. The molecule has 0 aromatic carbocycles. The highest BCUT2D eigenvalue weighted by Crippen LogP contribution is 2.28. The van der Waals surface area contributed by atoms with Gasteiger partial charge >= 0.3 is 0 Å². The maximum Gasteiger partial charge on any atom is 0.228 e. The molecule has 0 radical (unpaired) electrons. The molecule has 0 aliphatic carbocycles. The van der Waals surface area contributed by atoms with Crippen LogP contribution in [0.25, 0.3) is 0 Å². The summed E-state index contributed by atoms with van der Waals surface area (Å²) >= 11 is 5.92. The Bertz CT molecular complexity index is 241. The van der Waals surface area contributed by atoms with Crippen molar-refractivity contribution in [3.8, 4) is 0 Å². The Morgan fingerprint density at radius 3 is 2.93 bits per heavy atom. The molecule has 1 amide bonds. The monoisotopic (exact) mass is 231 g/mol. The molecule has 0 saturated carbocycles. The zero-order chi connectivity index (χ0) is 10.8. The van der Waals surface area contributed by atoms with Crippen molar-refractivity contribution in [3.63, 3.8) is 0 Å². The van der Waals surface area contributed by atoms with Crippen LogP contribution in [0.3, 0.4) is 0 Å². The van der Waals surface area contributed by atoms with Crippen molar-refractivity contribution in [1.29, 1.82) is 0 Å². The summed E-state index contributed by atoms with van der Waals surface area (Å²) in [5, 5.41) is 0. The van der Waals surface area contributed by atoms with E-state index in [1.54, 1.807) is 0 Å². The van der Waals surface area contributed by atoms with E-state index >= 15 is 0 Å². The number of ether oxygens (including phenoxy) is 1. The Labute approximate surface area is 95.7 Å². The van der Waals surface area contributed by atoms with Crippen LogP contribution in [0.1, 0.15) is 19.8 Å². The molecule has 2 fully saturated rings. The number of alkyl halides is 1. The van der Waals surface area contributed by atoms with Crippen LogP contribution in [0.15, 0.2) is 0 Å². The van der Waals surface area contributed by atoms with Gasteiger partial charge < -0.3 is 9.64 Å². The summed E-state index contributed by atoms with van der Waals surface area (Å²) in [5.41, 5.74) is 0. The van der Waals surface area contributed by atoms with Crippen molar-refractivity contribution in [2.45, 2.75) is 25.8 Å². The van der Waals surface area contributed by atoms with Crippen molar-refractivity contribution < 1.29 is 9.53 Å². The standard InChI is InChI=1S/C11H18ClNO2/c1-8-2-4-13(10(8)6-12)11(14)9-3-5-15-7-9/h8-10H,2-7H2,1H3. The van der Waals surface area contributed by atoms with Crippen LogP contribution >= 0.6 is 11.6 Å². The second-order valence-corrected chi connectivity index (χ2v) is 4.89. The van der Waals surface area contributed by atoms with Gasteiger partial charge in [0.25, 0.3) is 0 Å².